The lowest BCUT2D eigenvalue weighted by Gasteiger charge is -2.25. The van der Waals surface area contributed by atoms with E-state index in [1.807, 2.05) is 72.8 Å². The fourth-order valence-corrected chi connectivity index (χ4v) is 4.34. The maximum Gasteiger partial charge on any atom is 0.252 e. The van der Waals surface area contributed by atoms with Crippen LogP contribution < -0.4 is 10.2 Å². The lowest BCUT2D eigenvalue weighted by atomic mass is 10.00. The van der Waals surface area contributed by atoms with Crippen LogP contribution in [0, 0.1) is 5.92 Å². The zero-order valence-corrected chi connectivity index (χ0v) is 20.1. The molecule has 5 nitrogen and oxygen atoms in total. The van der Waals surface area contributed by atoms with E-state index in [1.165, 1.54) is 0 Å². The maximum atomic E-state index is 13.7. The topological polar surface area (TPSA) is 61.8 Å². The van der Waals surface area contributed by atoms with Gasteiger partial charge in [0.25, 0.3) is 5.91 Å². The third-order valence-electron chi connectivity index (χ3n) is 5.71. The van der Waals surface area contributed by atoms with Crippen molar-refractivity contribution >= 4 is 34.8 Å². The van der Waals surface area contributed by atoms with Crippen LogP contribution >= 0.6 is 11.6 Å². The van der Waals surface area contributed by atoms with Crippen molar-refractivity contribution in [1.82, 2.24) is 5.32 Å². The Morgan fingerprint density at radius 1 is 1.03 bits per heavy atom. The lowest BCUT2D eigenvalue weighted by Crippen LogP contribution is -2.44. The van der Waals surface area contributed by atoms with E-state index in [1.54, 1.807) is 11.0 Å². The highest BCUT2D eigenvalue weighted by atomic mass is 35.5. The number of rotatable bonds is 7. The number of para-hydroxylation sites is 1. The van der Waals surface area contributed by atoms with Crippen LogP contribution in [0.2, 0.25) is 5.02 Å². The van der Waals surface area contributed by atoms with Crippen molar-refractivity contribution in [3.63, 3.8) is 0 Å². The van der Waals surface area contributed by atoms with Gasteiger partial charge in [0.15, 0.2) is 0 Å². The first-order valence-corrected chi connectivity index (χ1v) is 11.9. The molecule has 0 bridgehead atoms. The second-order valence-corrected chi connectivity index (χ2v) is 9.27. The largest absolute Gasteiger partial charge is 0.350 e. The summed E-state index contributed by atoms with van der Waals surface area (Å²) < 4.78 is 0. The Morgan fingerprint density at radius 2 is 1.76 bits per heavy atom. The number of carbonyl (C=O) groups excluding carboxylic acids is 2. The number of carbonyl (C=O) groups is 2. The summed E-state index contributed by atoms with van der Waals surface area (Å²) in [6.45, 7) is 4.41. The van der Waals surface area contributed by atoms with Crippen LogP contribution in [0.4, 0.5) is 5.69 Å². The van der Waals surface area contributed by atoms with Gasteiger partial charge in [-0.3, -0.25) is 14.6 Å². The number of aliphatic imine (C=N–C) groups is 1. The van der Waals surface area contributed by atoms with Gasteiger partial charge in [0, 0.05) is 22.7 Å². The molecule has 0 saturated heterocycles. The molecule has 0 aliphatic carbocycles. The third-order valence-corrected chi connectivity index (χ3v) is 5.94. The van der Waals surface area contributed by atoms with Crippen molar-refractivity contribution < 1.29 is 9.59 Å². The summed E-state index contributed by atoms with van der Waals surface area (Å²) in [5.74, 6) is -0.131. The van der Waals surface area contributed by atoms with Crippen LogP contribution in [0.15, 0.2) is 83.9 Å². The molecule has 4 rings (SSSR count). The minimum absolute atomic E-state index is 0.0808. The summed E-state index contributed by atoms with van der Waals surface area (Å²) in [5.41, 5.74) is 4.16. The van der Waals surface area contributed by atoms with Gasteiger partial charge in [-0.1, -0.05) is 86.1 Å². The Balaban J connectivity index is 1.66. The van der Waals surface area contributed by atoms with Gasteiger partial charge in [-0.15, -0.1) is 0 Å². The summed E-state index contributed by atoms with van der Waals surface area (Å²) in [4.78, 5) is 33.2. The highest BCUT2D eigenvalue weighted by Gasteiger charge is 2.33. The van der Waals surface area contributed by atoms with Crippen molar-refractivity contribution in [2.24, 2.45) is 10.9 Å². The van der Waals surface area contributed by atoms with Gasteiger partial charge in [-0.25, -0.2) is 0 Å². The molecule has 0 aromatic heterocycles. The Kier molecular flexibility index (Phi) is 7.43. The molecule has 1 aliphatic heterocycles. The molecule has 1 unspecified atom stereocenters. The summed E-state index contributed by atoms with van der Waals surface area (Å²) in [7, 11) is 0. The van der Waals surface area contributed by atoms with Gasteiger partial charge in [-0.05, 0) is 36.1 Å². The minimum atomic E-state index is -0.566. The number of benzodiazepines with no additional fused rings is 1. The van der Waals surface area contributed by atoms with Gasteiger partial charge in [-0.2, -0.15) is 0 Å². The Morgan fingerprint density at radius 3 is 2.50 bits per heavy atom. The first-order valence-electron chi connectivity index (χ1n) is 11.5. The van der Waals surface area contributed by atoms with E-state index >= 15 is 0 Å². The van der Waals surface area contributed by atoms with Crippen LogP contribution in [0.25, 0.3) is 0 Å². The summed E-state index contributed by atoms with van der Waals surface area (Å²) in [6, 6.07) is 24.3. The molecule has 0 fully saturated rings. The number of halogens is 1. The number of anilines is 1. The molecule has 3 aromatic carbocycles. The molecule has 174 valence electrons. The molecule has 1 aliphatic rings. The number of hydrogen-bond donors (Lipinski definition) is 1. The van der Waals surface area contributed by atoms with Crippen LogP contribution in [0.3, 0.4) is 0 Å². The van der Waals surface area contributed by atoms with Crippen molar-refractivity contribution in [2.45, 2.75) is 32.9 Å². The monoisotopic (exact) mass is 473 g/mol. The van der Waals surface area contributed by atoms with Crippen molar-refractivity contribution in [1.29, 1.82) is 0 Å². The molecule has 1 atom stereocenters. The van der Waals surface area contributed by atoms with Gasteiger partial charge in [0.1, 0.15) is 12.6 Å². The van der Waals surface area contributed by atoms with E-state index in [-0.39, 0.29) is 24.3 Å². The van der Waals surface area contributed by atoms with E-state index in [4.69, 9.17) is 16.6 Å². The highest BCUT2D eigenvalue weighted by molar-refractivity contribution is 6.30. The van der Waals surface area contributed by atoms with Gasteiger partial charge < -0.3 is 10.2 Å². The predicted octanol–water partition coefficient (Wildman–Crippen LogP) is 5.26. The van der Waals surface area contributed by atoms with E-state index in [0.29, 0.717) is 23.7 Å². The number of hydrogen-bond acceptors (Lipinski definition) is 3. The van der Waals surface area contributed by atoms with Gasteiger partial charge in [0.05, 0.1) is 11.4 Å². The molecule has 1 N–H and O–H groups in total. The van der Waals surface area contributed by atoms with E-state index in [0.717, 1.165) is 22.4 Å². The first kappa shape index (κ1) is 23.7. The van der Waals surface area contributed by atoms with Crippen LogP contribution in [0.1, 0.15) is 37.0 Å². The van der Waals surface area contributed by atoms with Crippen LogP contribution in [-0.4, -0.2) is 30.1 Å². The number of nitrogens with zero attached hydrogens (tertiary/aromatic N) is 2. The van der Waals surface area contributed by atoms with Crippen molar-refractivity contribution in [3.05, 3.63) is 101 Å². The Hall–Kier alpha value is -3.44. The summed E-state index contributed by atoms with van der Waals surface area (Å²) >= 11 is 6.05. The molecule has 2 amide bonds. The van der Waals surface area contributed by atoms with Gasteiger partial charge >= 0.3 is 0 Å². The van der Waals surface area contributed by atoms with Gasteiger partial charge in [0.2, 0.25) is 5.91 Å². The van der Waals surface area contributed by atoms with Crippen molar-refractivity contribution in [3.8, 4) is 0 Å². The minimum Gasteiger partial charge on any atom is -0.350 e. The number of benzene rings is 3. The average molecular weight is 474 g/mol. The number of amides is 2. The first-order chi connectivity index (χ1) is 16.4. The summed E-state index contributed by atoms with van der Waals surface area (Å²) in [6.07, 6.45) is 0.601. The van der Waals surface area contributed by atoms with E-state index in [9.17, 15) is 9.59 Å². The Bertz CT molecular complexity index is 1210. The maximum absolute atomic E-state index is 13.7. The average Bonchev–Trinajstić information content (AvgIpc) is 2.94. The standard InChI is InChI=1S/C28H28ClN3O2/c1-19(2)15-24-28(34)32(18-26(33)30-17-20-9-8-12-22(29)16-20)25-14-7-6-13-23(25)27(31-24)21-10-4-3-5-11-21/h3-14,16,19,24H,15,17-18H2,1-2H3,(H,30,33). The SMILES string of the molecule is CC(C)CC1N=C(c2ccccc2)c2ccccc2N(CC(=O)NCc2cccc(Cl)c2)C1=O. The normalized spacial score (nSPS) is 15.5. The smallest absolute Gasteiger partial charge is 0.252 e. The van der Waals surface area contributed by atoms with Crippen molar-refractivity contribution in [2.75, 3.05) is 11.4 Å². The molecule has 6 heteroatoms. The number of nitrogens with one attached hydrogen (secondary N) is 1. The molecule has 0 spiro atoms. The fourth-order valence-electron chi connectivity index (χ4n) is 4.12. The molecular weight excluding hydrogens is 446 g/mol. The molecule has 3 aromatic rings. The second-order valence-electron chi connectivity index (χ2n) is 8.84. The van der Waals surface area contributed by atoms with E-state index < -0.39 is 6.04 Å². The van der Waals surface area contributed by atoms with E-state index in [2.05, 4.69) is 19.2 Å². The second kappa shape index (κ2) is 10.7. The fraction of sp³-hybridized carbons (Fsp3) is 0.250. The van der Waals surface area contributed by atoms with Crippen LogP contribution in [0.5, 0.6) is 0 Å². The zero-order chi connectivity index (χ0) is 24.1. The quantitative estimate of drug-likeness (QED) is 0.509. The predicted molar refractivity (Wildman–Crippen MR) is 137 cm³/mol. The molecule has 0 saturated carbocycles. The number of fused-ring (bicyclic) bond motifs is 1. The lowest BCUT2D eigenvalue weighted by molar-refractivity contribution is -0.124. The zero-order valence-electron chi connectivity index (χ0n) is 19.4. The molecular formula is C28H28ClN3O2. The molecule has 34 heavy (non-hydrogen) atoms. The Labute approximate surface area is 205 Å². The highest BCUT2D eigenvalue weighted by Crippen LogP contribution is 2.30. The third kappa shape index (κ3) is 5.54. The molecule has 0 radical (unpaired) electrons. The summed E-state index contributed by atoms with van der Waals surface area (Å²) in [5, 5.41) is 3.53. The van der Waals surface area contributed by atoms with Crippen LogP contribution in [-0.2, 0) is 16.1 Å². The molecule has 1 heterocycles.